The second-order valence-electron chi connectivity index (χ2n) is 2.66. The molecule has 0 aliphatic rings. The van der Waals surface area contributed by atoms with Crippen LogP contribution in [-0.2, 0) is 14.4 Å². The molecule has 0 spiro atoms. The van der Waals surface area contributed by atoms with E-state index in [0.29, 0.717) is 0 Å². The molecule has 0 aromatic carbocycles. The normalized spacial score (nSPS) is 9.88. The first-order valence-corrected chi connectivity index (χ1v) is 4.51. The summed E-state index contributed by atoms with van der Waals surface area (Å²) in [6.45, 7) is 1.37. The van der Waals surface area contributed by atoms with Crippen molar-refractivity contribution in [3.05, 3.63) is 0 Å². The Hall–Kier alpha value is -1.71. The quantitative estimate of drug-likeness (QED) is 0.324. The molecule has 0 heterocycles. The first kappa shape index (κ1) is 20.7. The topological polar surface area (TPSA) is 190 Å². The maximum absolute atomic E-state index is 9.57. The van der Waals surface area contributed by atoms with Crippen LogP contribution in [0, 0.1) is 0 Å². The molecule has 0 aliphatic heterocycles. The Balaban J connectivity index is -0.000000174. The smallest absolute Gasteiger partial charge is 0.320 e. The van der Waals surface area contributed by atoms with Crippen LogP contribution in [0.3, 0.4) is 0 Å². The van der Waals surface area contributed by atoms with E-state index < -0.39 is 23.9 Å². The van der Waals surface area contributed by atoms with E-state index in [4.69, 9.17) is 26.8 Å². The van der Waals surface area contributed by atoms with Crippen molar-refractivity contribution in [2.24, 2.45) is 17.2 Å². The Morgan fingerprint density at radius 3 is 1.35 bits per heavy atom. The minimum absolute atomic E-state index is 0.0694. The van der Waals surface area contributed by atoms with Crippen molar-refractivity contribution in [1.29, 1.82) is 0 Å². The molecule has 9 heteroatoms. The van der Waals surface area contributed by atoms with Crippen LogP contribution in [0.5, 0.6) is 0 Å². The zero-order valence-electron chi connectivity index (χ0n) is 9.50. The van der Waals surface area contributed by atoms with E-state index in [1.807, 2.05) is 0 Å². The van der Waals surface area contributed by atoms with Gasteiger partial charge in [-0.2, -0.15) is 0 Å². The molecule has 0 amide bonds. The Morgan fingerprint density at radius 1 is 1.06 bits per heavy atom. The van der Waals surface area contributed by atoms with Crippen molar-refractivity contribution in [3.8, 4) is 0 Å². The first-order chi connectivity index (χ1) is 7.68. The van der Waals surface area contributed by atoms with Gasteiger partial charge in [0, 0.05) is 6.54 Å². The highest BCUT2D eigenvalue weighted by molar-refractivity contribution is 5.72. The van der Waals surface area contributed by atoms with Crippen molar-refractivity contribution >= 4 is 17.9 Å². The fraction of sp³-hybridized carbons (Fsp3) is 0.625. The second-order valence-corrected chi connectivity index (χ2v) is 2.66. The maximum atomic E-state index is 9.57. The predicted octanol–water partition coefficient (Wildman–Crippen LogP) is -2.13. The molecule has 0 fully saturated rings. The summed E-state index contributed by atoms with van der Waals surface area (Å²) in [5.41, 5.74) is 14.3. The molecule has 0 aromatic rings. The van der Waals surface area contributed by atoms with Crippen LogP contribution >= 0.6 is 0 Å². The number of carboxylic acids is 3. The molecule has 1 unspecified atom stereocenters. The zero-order valence-corrected chi connectivity index (χ0v) is 9.50. The van der Waals surface area contributed by atoms with E-state index in [1.54, 1.807) is 0 Å². The van der Waals surface area contributed by atoms with Gasteiger partial charge in [0.15, 0.2) is 0 Å². The fourth-order valence-electron chi connectivity index (χ4n) is 0.123. The fourth-order valence-corrected chi connectivity index (χ4v) is 0.123. The van der Waals surface area contributed by atoms with Crippen molar-refractivity contribution in [1.82, 2.24) is 0 Å². The molecule has 0 aromatic heterocycles. The molecule has 1 atom stereocenters. The van der Waals surface area contributed by atoms with Crippen LogP contribution in [0.25, 0.3) is 0 Å². The van der Waals surface area contributed by atoms with Gasteiger partial charge in [-0.25, -0.2) is 0 Å². The maximum Gasteiger partial charge on any atom is 0.320 e. The SMILES string of the molecule is CC(N)C(=O)O.NCC(=O)O.NCCC(=O)O. The number of hydrogen-bond donors (Lipinski definition) is 6. The van der Waals surface area contributed by atoms with Crippen LogP contribution < -0.4 is 17.2 Å². The van der Waals surface area contributed by atoms with E-state index in [2.05, 4.69) is 5.73 Å². The van der Waals surface area contributed by atoms with Crippen LogP contribution in [0.1, 0.15) is 13.3 Å². The monoisotopic (exact) mass is 253 g/mol. The van der Waals surface area contributed by atoms with E-state index >= 15 is 0 Å². The summed E-state index contributed by atoms with van der Waals surface area (Å²) in [7, 11) is 0. The highest BCUT2D eigenvalue weighted by atomic mass is 16.4. The third-order valence-corrected chi connectivity index (χ3v) is 0.922. The van der Waals surface area contributed by atoms with Gasteiger partial charge in [-0.3, -0.25) is 14.4 Å². The van der Waals surface area contributed by atoms with Gasteiger partial charge in [0.1, 0.15) is 6.04 Å². The van der Waals surface area contributed by atoms with Crippen LogP contribution in [0.4, 0.5) is 0 Å². The lowest BCUT2D eigenvalue weighted by atomic mass is 10.4. The molecule has 0 saturated carbocycles. The summed E-state index contributed by atoms with van der Waals surface area (Å²) in [4.78, 5) is 28.3. The molecule has 9 nitrogen and oxygen atoms in total. The molecule has 0 aliphatic carbocycles. The Bertz CT molecular complexity index is 231. The van der Waals surface area contributed by atoms with Gasteiger partial charge in [-0.15, -0.1) is 0 Å². The van der Waals surface area contributed by atoms with Gasteiger partial charge < -0.3 is 32.5 Å². The third-order valence-electron chi connectivity index (χ3n) is 0.922. The Kier molecular flexibility index (Phi) is 17.4. The van der Waals surface area contributed by atoms with Gasteiger partial charge in [0.25, 0.3) is 0 Å². The first-order valence-electron chi connectivity index (χ1n) is 4.51. The average molecular weight is 253 g/mol. The average Bonchev–Trinajstić information content (AvgIpc) is 2.19. The van der Waals surface area contributed by atoms with Crippen LogP contribution in [0.15, 0.2) is 0 Å². The number of hydrogen-bond acceptors (Lipinski definition) is 6. The van der Waals surface area contributed by atoms with E-state index in [-0.39, 0.29) is 19.5 Å². The van der Waals surface area contributed by atoms with Crippen LogP contribution in [-0.4, -0.2) is 52.4 Å². The summed E-state index contributed by atoms with van der Waals surface area (Å²) in [6.07, 6.45) is 0.0694. The summed E-state index contributed by atoms with van der Waals surface area (Å²) < 4.78 is 0. The number of aliphatic carboxylic acids is 3. The van der Waals surface area contributed by atoms with E-state index in [0.717, 1.165) is 0 Å². The minimum atomic E-state index is -0.968. The van der Waals surface area contributed by atoms with Crippen LogP contribution in [0.2, 0.25) is 0 Å². The number of carboxylic acid groups (broad SMARTS) is 3. The van der Waals surface area contributed by atoms with Gasteiger partial charge in [0.2, 0.25) is 0 Å². The standard InChI is InChI=1S/2C3H7NO2.C2H5NO2/c1-2(4)3(5)6;4-2-1-3(5)6;3-1-2(4)5/h2H,4H2,1H3,(H,5,6);1-2,4H2,(H,5,6);1,3H2,(H,4,5). The minimum Gasteiger partial charge on any atom is -0.481 e. The van der Waals surface area contributed by atoms with Crippen molar-refractivity contribution < 1.29 is 29.7 Å². The third kappa shape index (κ3) is 40.6. The molecular formula is C8H19N3O6. The number of nitrogens with two attached hydrogens (primary N) is 3. The molecule has 0 saturated heterocycles. The lowest BCUT2D eigenvalue weighted by molar-refractivity contribution is -0.138. The summed E-state index contributed by atoms with van der Waals surface area (Å²) in [5, 5.41) is 23.3. The molecule has 9 N–H and O–H groups in total. The molecule has 102 valence electrons. The highest BCUT2D eigenvalue weighted by Gasteiger charge is 1.99. The predicted molar refractivity (Wildman–Crippen MR) is 59.3 cm³/mol. The van der Waals surface area contributed by atoms with E-state index in [9.17, 15) is 14.4 Å². The summed E-state index contributed by atoms with van der Waals surface area (Å²) in [6, 6.07) is -0.731. The number of rotatable bonds is 4. The van der Waals surface area contributed by atoms with E-state index in [1.165, 1.54) is 6.92 Å². The Labute approximate surface area is 98.2 Å². The lowest BCUT2D eigenvalue weighted by Gasteiger charge is -1.90. The molecule has 0 radical (unpaired) electrons. The van der Waals surface area contributed by atoms with Gasteiger partial charge in [0.05, 0.1) is 13.0 Å². The number of carbonyl (C=O) groups is 3. The van der Waals surface area contributed by atoms with Crippen molar-refractivity contribution in [2.75, 3.05) is 13.1 Å². The van der Waals surface area contributed by atoms with Crippen molar-refractivity contribution in [2.45, 2.75) is 19.4 Å². The summed E-state index contributed by atoms with van der Waals surface area (Å²) >= 11 is 0. The highest BCUT2D eigenvalue weighted by Crippen LogP contribution is 1.68. The molecule has 0 bridgehead atoms. The second kappa shape index (κ2) is 14.3. The largest absolute Gasteiger partial charge is 0.481 e. The zero-order chi connectivity index (χ0) is 14.4. The summed E-state index contributed by atoms with van der Waals surface area (Å²) in [5.74, 6) is -2.77. The lowest BCUT2D eigenvalue weighted by Crippen LogP contribution is -2.25. The Morgan fingerprint density at radius 2 is 1.35 bits per heavy atom. The van der Waals surface area contributed by atoms with Gasteiger partial charge in [-0.05, 0) is 6.92 Å². The molecule has 0 rings (SSSR count). The van der Waals surface area contributed by atoms with Gasteiger partial charge >= 0.3 is 17.9 Å². The van der Waals surface area contributed by atoms with Gasteiger partial charge in [-0.1, -0.05) is 0 Å². The molecule has 17 heavy (non-hydrogen) atoms. The molecular weight excluding hydrogens is 234 g/mol. The van der Waals surface area contributed by atoms with Crippen molar-refractivity contribution in [3.63, 3.8) is 0 Å².